The highest BCUT2D eigenvalue weighted by atomic mass is 32.2. The number of benzene rings is 2. The van der Waals surface area contributed by atoms with E-state index in [2.05, 4.69) is 10.6 Å². The maximum atomic E-state index is 12.6. The molecule has 2 N–H and O–H groups in total. The fourth-order valence-electron chi connectivity index (χ4n) is 2.17. The molecular weight excluding hydrogens is 385 g/mol. The van der Waals surface area contributed by atoms with Crippen molar-refractivity contribution in [1.29, 1.82) is 0 Å². The van der Waals surface area contributed by atoms with Crippen molar-refractivity contribution in [2.75, 3.05) is 10.6 Å². The van der Waals surface area contributed by atoms with Gasteiger partial charge in [0.1, 0.15) is 0 Å². The highest BCUT2D eigenvalue weighted by Crippen LogP contribution is 2.30. The van der Waals surface area contributed by atoms with Gasteiger partial charge >= 0.3 is 5.51 Å². The lowest BCUT2D eigenvalue weighted by Crippen LogP contribution is -2.23. The Bertz CT molecular complexity index is 984. The van der Waals surface area contributed by atoms with Crippen molar-refractivity contribution in [2.45, 2.75) is 24.3 Å². The molecule has 0 saturated heterocycles. The highest BCUT2D eigenvalue weighted by molar-refractivity contribution is 7.92. The number of carbonyl (C=O) groups excluding carboxylic acids is 2. The fourth-order valence-corrected chi connectivity index (χ4v) is 2.94. The number of aryl methyl sites for hydroxylation is 1. The normalized spacial score (nSPS) is 11.7. The Balaban J connectivity index is 2.28. The molecule has 0 fully saturated rings. The van der Waals surface area contributed by atoms with Gasteiger partial charge in [-0.15, -0.1) is 0 Å². The van der Waals surface area contributed by atoms with Crippen molar-refractivity contribution in [2.24, 2.45) is 0 Å². The molecule has 2 amide bonds. The molecule has 0 radical (unpaired) electrons. The van der Waals surface area contributed by atoms with Gasteiger partial charge in [-0.05, 0) is 48.9 Å². The van der Waals surface area contributed by atoms with Crippen LogP contribution in [0.3, 0.4) is 0 Å². The van der Waals surface area contributed by atoms with Gasteiger partial charge in [-0.1, -0.05) is 6.07 Å². The van der Waals surface area contributed by atoms with E-state index in [0.29, 0.717) is 23.5 Å². The average Bonchev–Trinajstić information content (AvgIpc) is 2.56. The molecule has 0 aliphatic carbocycles. The number of halogens is 3. The number of hydrogen-bond donors (Lipinski definition) is 2. The van der Waals surface area contributed by atoms with Crippen molar-refractivity contribution >= 4 is 33.0 Å². The summed E-state index contributed by atoms with van der Waals surface area (Å²) in [6.45, 7) is 3.06. The van der Waals surface area contributed by atoms with Crippen LogP contribution in [0.1, 0.15) is 22.8 Å². The van der Waals surface area contributed by atoms with Crippen LogP contribution in [0.15, 0.2) is 47.4 Å². The summed E-state index contributed by atoms with van der Waals surface area (Å²) >= 11 is 0. The maximum Gasteiger partial charge on any atom is 0.501 e. The number of sulfone groups is 1. The third-order valence-electron chi connectivity index (χ3n) is 3.47. The summed E-state index contributed by atoms with van der Waals surface area (Å²) in [5, 5.41) is 5.08. The van der Waals surface area contributed by atoms with Crippen molar-refractivity contribution < 1.29 is 31.2 Å². The summed E-state index contributed by atoms with van der Waals surface area (Å²) < 4.78 is 60.3. The Morgan fingerprint density at radius 1 is 0.926 bits per heavy atom. The minimum Gasteiger partial charge on any atom is -0.325 e. The average molecular weight is 400 g/mol. The molecule has 2 aromatic carbocycles. The van der Waals surface area contributed by atoms with Gasteiger partial charge in [0.05, 0.1) is 16.3 Å². The zero-order valence-electron chi connectivity index (χ0n) is 14.2. The van der Waals surface area contributed by atoms with E-state index < -0.39 is 26.1 Å². The predicted molar refractivity (Wildman–Crippen MR) is 93.1 cm³/mol. The molecule has 0 spiro atoms. The maximum absolute atomic E-state index is 12.6. The number of hydrogen-bond acceptors (Lipinski definition) is 4. The molecule has 6 nitrogen and oxygen atoms in total. The van der Waals surface area contributed by atoms with Crippen LogP contribution in [0, 0.1) is 6.92 Å². The number of carbonyl (C=O) groups is 2. The molecule has 0 saturated carbocycles. The zero-order valence-corrected chi connectivity index (χ0v) is 15.0. The smallest absolute Gasteiger partial charge is 0.325 e. The second-order valence-electron chi connectivity index (χ2n) is 5.66. The third-order valence-corrected chi connectivity index (χ3v) is 4.97. The van der Waals surface area contributed by atoms with Crippen LogP contribution in [-0.4, -0.2) is 25.7 Å². The first-order valence-corrected chi connectivity index (χ1v) is 9.01. The molecule has 0 bridgehead atoms. The highest BCUT2D eigenvalue weighted by Gasteiger charge is 2.46. The summed E-state index contributed by atoms with van der Waals surface area (Å²) in [5.74, 6) is -1.03. The molecule has 27 heavy (non-hydrogen) atoms. The second kappa shape index (κ2) is 7.39. The summed E-state index contributed by atoms with van der Waals surface area (Å²) in [5.41, 5.74) is -4.04. The predicted octanol–water partition coefficient (Wildman–Crippen LogP) is 3.50. The van der Waals surface area contributed by atoms with Crippen LogP contribution >= 0.6 is 0 Å². The molecule has 2 rings (SSSR count). The number of anilines is 2. The summed E-state index contributed by atoms with van der Waals surface area (Å²) in [7, 11) is -5.48. The Labute approximate surface area is 153 Å². The molecule has 0 aliphatic heterocycles. The van der Waals surface area contributed by atoms with Gasteiger partial charge < -0.3 is 10.6 Å². The standard InChI is InChI=1S/C17H15F3N2O4S/c1-10-3-8-14(21-11(2)23)15(9-10)22-16(24)12-4-6-13(7-5-12)27(25,26)17(18,19)20/h3-9H,1-2H3,(H,21,23)(H,22,24). The van der Waals surface area contributed by atoms with Crippen LogP contribution in [0.4, 0.5) is 24.5 Å². The van der Waals surface area contributed by atoms with Gasteiger partial charge in [-0.3, -0.25) is 9.59 Å². The second-order valence-corrected chi connectivity index (χ2v) is 7.60. The molecule has 0 atom stereocenters. The number of alkyl halides is 3. The molecule has 0 aromatic heterocycles. The minimum atomic E-state index is -5.48. The lowest BCUT2D eigenvalue weighted by molar-refractivity contribution is -0.114. The van der Waals surface area contributed by atoms with Gasteiger partial charge in [0.2, 0.25) is 5.91 Å². The first kappa shape index (κ1) is 20.4. The molecule has 0 aliphatic rings. The number of rotatable bonds is 4. The van der Waals surface area contributed by atoms with Gasteiger partial charge in [-0.2, -0.15) is 13.2 Å². The van der Waals surface area contributed by atoms with Crippen molar-refractivity contribution in [3.63, 3.8) is 0 Å². The molecule has 10 heteroatoms. The van der Waals surface area contributed by atoms with E-state index in [9.17, 15) is 31.2 Å². The van der Waals surface area contributed by atoms with E-state index >= 15 is 0 Å². The minimum absolute atomic E-state index is 0.0496. The Kier molecular flexibility index (Phi) is 5.59. The molecular formula is C17H15F3N2O4S. The van der Waals surface area contributed by atoms with E-state index in [0.717, 1.165) is 17.7 Å². The summed E-state index contributed by atoms with van der Waals surface area (Å²) in [6.07, 6.45) is 0. The summed E-state index contributed by atoms with van der Waals surface area (Å²) in [6, 6.07) is 8.28. The Morgan fingerprint density at radius 3 is 2.04 bits per heavy atom. The topological polar surface area (TPSA) is 92.3 Å². The van der Waals surface area contributed by atoms with Crippen LogP contribution < -0.4 is 10.6 Å². The first-order valence-electron chi connectivity index (χ1n) is 7.53. The number of amides is 2. The van der Waals surface area contributed by atoms with E-state index in [-0.39, 0.29) is 11.5 Å². The largest absolute Gasteiger partial charge is 0.501 e. The molecule has 0 unspecified atom stereocenters. The fraction of sp³-hybridized carbons (Fsp3) is 0.176. The molecule has 2 aromatic rings. The van der Waals surface area contributed by atoms with Crippen molar-refractivity contribution in [3.05, 3.63) is 53.6 Å². The Morgan fingerprint density at radius 2 is 1.52 bits per heavy atom. The van der Waals surface area contributed by atoms with E-state index in [1.165, 1.54) is 6.92 Å². The molecule has 0 heterocycles. The lowest BCUT2D eigenvalue weighted by Gasteiger charge is -2.13. The van der Waals surface area contributed by atoms with E-state index in [4.69, 9.17) is 0 Å². The van der Waals surface area contributed by atoms with Crippen LogP contribution in [-0.2, 0) is 14.6 Å². The van der Waals surface area contributed by atoms with Gasteiger partial charge in [0.25, 0.3) is 15.7 Å². The van der Waals surface area contributed by atoms with Crippen LogP contribution in [0.2, 0.25) is 0 Å². The monoisotopic (exact) mass is 400 g/mol. The first-order chi connectivity index (χ1) is 12.4. The van der Waals surface area contributed by atoms with Crippen molar-refractivity contribution in [1.82, 2.24) is 0 Å². The van der Waals surface area contributed by atoms with Gasteiger partial charge in [0.15, 0.2) is 0 Å². The summed E-state index contributed by atoms with van der Waals surface area (Å²) in [4.78, 5) is 22.6. The van der Waals surface area contributed by atoms with E-state index in [1.807, 2.05) is 0 Å². The van der Waals surface area contributed by atoms with E-state index in [1.54, 1.807) is 25.1 Å². The lowest BCUT2D eigenvalue weighted by atomic mass is 10.1. The quantitative estimate of drug-likeness (QED) is 0.822. The molecule has 144 valence electrons. The van der Waals surface area contributed by atoms with Gasteiger partial charge in [0, 0.05) is 12.5 Å². The van der Waals surface area contributed by atoms with Gasteiger partial charge in [-0.25, -0.2) is 8.42 Å². The Hall–Kier alpha value is -2.88. The van der Waals surface area contributed by atoms with Crippen LogP contribution in [0.25, 0.3) is 0 Å². The third kappa shape index (κ3) is 4.64. The number of nitrogens with one attached hydrogen (secondary N) is 2. The SMILES string of the molecule is CC(=O)Nc1ccc(C)cc1NC(=O)c1ccc(S(=O)(=O)C(F)(F)F)cc1. The van der Waals surface area contributed by atoms with Crippen LogP contribution in [0.5, 0.6) is 0 Å². The van der Waals surface area contributed by atoms with Crippen molar-refractivity contribution in [3.8, 4) is 0 Å². The zero-order chi connectivity index (χ0) is 20.4.